The van der Waals surface area contributed by atoms with Gasteiger partial charge in [0, 0.05) is 13.6 Å². The summed E-state index contributed by atoms with van der Waals surface area (Å²) < 4.78 is 12.6. The number of nitrogens with zero attached hydrogens (tertiary/aromatic N) is 1. The van der Waals surface area contributed by atoms with Gasteiger partial charge in [-0.15, -0.1) is 0 Å². The Balaban J connectivity index is 2.45. The molecule has 0 bridgehead atoms. The number of hydrogen-bond acceptors (Lipinski definition) is 2. The Morgan fingerprint density at radius 2 is 2.06 bits per heavy atom. The molecule has 0 spiro atoms. The van der Waals surface area contributed by atoms with E-state index in [-0.39, 0.29) is 24.5 Å². The van der Waals surface area contributed by atoms with Gasteiger partial charge in [0.1, 0.15) is 5.82 Å². The third kappa shape index (κ3) is 4.03. The zero-order chi connectivity index (χ0) is 12.8. The highest BCUT2D eigenvalue weighted by Gasteiger charge is 2.13. The molecule has 2 amide bonds. The van der Waals surface area contributed by atoms with E-state index in [1.165, 1.54) is 17.0 Å². The zero-order valence-electron chi connectivity index (χ0n) is 9.98. The Hall–Kier alpha value is -1.62. The quantitative estimate of drug-likeness (QED) is 0.834. The molecule has 1 aromatic rings. The van der Waals surface area contributed by atoms with E-state index in [0.29, 0.717) is 6.54 Å². The second-order valence-corrected chi connectivity index (χ2v) is 3.93. The van der Waals surface area contributed by atoms with Crippen LogP contribution in [0.4, 0.5) is 9.18 Å². The molecule has 5 heteroatoms. The molecule has 4 nitrogen and oxygen atoms in total. The molecule has 17 heavy (non-hydrogen) atoms. The first-order valence-electron chi connectivity index (χ1n) is 5.40. The Morgan fingerprint density at radius 3 is 2.59 bits per heavy atom. The lowest BCUT2D eigenvalue weighted by Gasteiger charge is -2.23. The number of halogens is 1. The monoisotopic (exact) mass is 240 g/mol. The minimum Gasteiger partial charge on any atom is -0.394 e. The highest BCUT2D eigenvalue weighted by Crippen LogP contribution is 2.02. The molecule has 1 atom stereocenters. The Bertz CT molecular complexity index is 367. The second kappa shape index (κ2) is 6.20. The molecule has 0 aliphatic rings. The molecule has 0 aliphatic heterocycles. The molecule has 1 unspecified atom stereocenters. The summed E-state index contributed by atoms with van der Waals surface area (Å²) in [4.78, 5) is 13.0. The van der Waals surface area contributed by atoms with Gasteiger partial charge in [0.05, 0.1) is 12.6 Å². The summed E-state index contributed by atoms with van der Waals surface area (Å²) in [6.45, 7) is 2.00. The molecular weight excluding hydrogens is 223 g/mol. The molecule has 2 N–H and O–H groups in total. The minimum absolute atomic E-state index is 0.0829. The number of likely N-dealkylation sites (N-methyl/N-ethyl adjacent to an activating group) is 1. The fourth-order valence-electron chi connectivity index (χ4n) is 1.23. The van der Waals surface area contributed by atoms with Gasteiger partial charge in [-0.25, -0.2) is 9.18 Å². The smallest absolute Gasteiger partial charge is 0.317 e. The molecule has 94 valence electrons. The molecular formula is C12H17FN2O2. The van der Waals surface area contributed by atoms with Crippen LogP contribution >= 0.6 is 0 Å². The number of hydrogen-bond donors (Lipinski definition) is 2. The maximum Gasteiger partial charge on any atom is 0.317 e. The fraction of sp³-hybridized carbons (Fsp3) is 0.417. The Kier molecular flexibility index (Phi) is 4.90. The number of carbonyl (C=O) groups is 1. The third-order valence-electron chi connectivity index (χ3n) is 2.60. The van der Waals surface area contributed by atoms with Crippen molar-refractivity contribution in [2.75, 3.05) is 13.7 Å². The van der Waals surface area contributed by atoms with Crippen molar-refractivity contribution < 1.29 is 14.3 Å². The maximum absolute atomic E-state index is 12.6. The standard InChI is InChI=1S/C12H17FN2O2/c1-9(8-16)15(2)12(17)14-7-10-3-5-11(13)6-4-10/h3-6,9,16H,7-8H2,1-2H3,(H,14,17). The van der Waals surface area contributed by atoms with Crippen molar-refractivity contribution in [2.24, 2.45) is 0 Å². The predicted molar refractivity (Wildman–Crippen MR) is 62.9 cm³/mol. The van der Waals surface area contributed by atoms with Gasteiger partial charge in [0.15, 0.2) is 0 Å². The van der Waals surface area contributed by atoms with Crippen LogP contribution < -0.4 is 5.32 Å². The van der Waals surface area contributed by atoms with E-state index in [2.05, 4.69) is 5.32 Å². The van der Waals surface area contributed by atoms with E-state index in [9.17, 15) is 9.18 Å². The lowest BCUT2D eigenvalue weighted by Crippen LogP contribution is -2.43. The summed E-state index contributed by atoms with van der Waals surface area (Å²) in [6.07, 6.45) is 0. The van der Waals surface area contributed by atoms with Gasteiger partial charge in [-0.05, 0) is 24.6 Å². The van der Waals surface area contributed by atoms with E-state index in [1.807, 2.05) is 0 Å². The van der Waals surface area contributed by atoms with Crippen LogP contribution in [0.2, 0.25) is 0 Å². The van der Waals surface area contributed by atoms with E-state index in [1.54, 1.807) is 26.1 Å². The normalized spacial score (nSPS) is 12.0. The number of nitrogens with one attached hydrogen (secondary N) is 1. The Labute approximate surface area is 100 Å². The third-order valence-corrected chi connectivity index (χ3v) is 2.60. The highest BCUT2D eigenvalue weighted by molar-refractivity contribution is 5.74. The zero-order valence-corrected chi connectivity index (χ0v) is 9.98. The molecule has 0 fully saturated rings. The average molecular weight is 240 g/mol. The van der Waals surface area contributed by atoms with Crippen molar-refractivity contribution in [3.63, 3.8) is 0 Å². The molecule has 0 heterocycles. The number of aliphatic hydroxyl groups excluding tert-OH is 1. The van der Waals surface area contributed by atoms with E-state index < -0.39 is 0 Å². The predicted octanol–water partition coefficient (Wildman–Crippen LogP) is 1.35. The van der Waals surface area contributed by atoms with Gasteiger partial charge in [-0.1, -0.05) is 12.1 Å². The van der Waals surface area contributed by atoms with Crippen LogP contribution in [-0.4, -0.2) is 35.7 Å². The van der Waals surface area contributed by atoms with Gasteiger partial charge in [0.2, 0.25) is 0 Å². The number of urea groups is 1. The second-order valence-electron chi connectivity index (χ2n) is 3.93. The summed E-state index contributed by atoms with van der Waals surface area (Å²) in [6, 6.07) is 5.43. The van der Waals surface area contributed by atoms with Gasteiger partial charge >= 0.3 is 6.03 Å². The molecule has 0 saturated carbocycles. The Morgan fingerprint density at radius 1 is 1.47 bits per heavy atom. The average Bonchev–Trinajstić information content (AvgIpc) is 2.35. The van der Waals surface area contributed by atoms with Crippen molar-refractivity contribution in [1.82, 2.24) is 10.2 Å². The largest absolute Gasteiger partial charge is 0.394 e. The number of aliphatic hydroxyl groups is 1. The lowest BCUT2D eigenvalue weighted by atomic mass is 10.2. The van der Waals surface area contributed by atoms with Crippen LogP contribution in [-0.2, 0) is 6.54 Å². The van der Waals surface area contributed by atoms with Gasteiger partial charge in [-0.2, -0.15) is 0 Å². The maximum atomic E-state index is 12.6. The number of rotatable bonds is 4. The van der Waals surface area contributed by atoms with Crippen LogP contribution in [0.5, 0.6) is 0 Å². The molecule has 0 saturated heterocycles. The molecule has 1 rings (SSSR count). The molecule has 0 aliphatic carbocycles. The SMILES string of the molecule is CC(CO)N(C)C(=O)NCc1ccc(F)cc1. The highest BCUT2D eigenvalue weighted by atomic mass is 19.1. The van der Waals surface area contributed by atoms with Crippen LogP contribution in [0.1, 0.15) is 12.5 Å². The summed E-state index contributed by atoms with van der Waals surface area (Å²) in [5.74, 6) is -0.300. The summed E-state index contributed by atoms with van der Waals surface area (Å²) in [7, 11) is 1.61. The van der Waals surface area contributed by atoms with Crippen LogP contribution in [0.3, 0.4) is 0 Å². The fourth-order valence-corrected chi connectivity index (χ4v) is 1.23. The van der Waals surface area contributed by atoms with Gasteiger partial charge in [-0.3, -0.25) is 0 Å². The number of carbonyl (C=O) groups excluding carboxylic acids is 1. The number of benzene rings is 1. The summed E-state index contributed by atoms with van der Waals surface area (Å²) >= 11 is 0. The van der Waals surface area contributed by atoms with Gasteiger partial charge in [0.25, 0.3) is 0 Å². The topological polar surface area (TPSA) is 52.6 Å². The summed E-state index contributed by atoms with van der Waals surface area (Å²) in [5, 5.41) is 11.6. The molecule has 1 aromatic carbocycles. The lowest BCUT2D eigenvalue weighted by molar-refractivity contribution is 0.157. The van der Waals surface area contributed by atoms with Crippen LogP contribution in [0.25, 0.3) is 0 Å². The first-order valence-corrected chi connectivity index (χ1v) is 5.40. The first-order chi connectivity index (χ1) is 8.04. The van der Waals surface area contributed by atoms with Crippen molar-refractivity contribution in [1.29, 1.82) is 0 Å². The van der Waals surface area contributed by atoms with Crippen LogP contribution in [0, 0.1) is 5.82 Å². The van der Waals surface area contributed by atoms with E-state index in [0.717, 1.165) is 5.56 Å². The minimum atomic E-state index is -0.300. The van der Waals surface area contributed by atoms with E-state index >= 15 is 0 Å². The first kappa shape index (κ1) is 13.4. The summed E-state index contributed by atoms with van der Waals surface area (Å²) in [5.41, 5.74) is 0.824. The van der Waals surface area contributed by atoms with Crippen molar-refractivity contribution in [3.8, 4) is 0 Å². The van der Waals surface area contributed by atoms with Gasteiger partial charge < -0.3 is 15.3 Å². The van der Waals surface area contributed by atoms with E-state index in [4.69, 9.17) is 5.11 Å². The van der Waals surface area contributed by atoms with Crippen molar-refractivity contribution >= 4 is 6.03 Å². The number of amides is 2. The molecule has 0 aromatic heterocycles. The molecule has 0 radical (unpaired) electrons. The van der Waals surface area contributed by atoms with Crippen molar-refractivity contribution in [3.05, 3.63) is 35.6 Å². The van der Waals surface area contributed by atoms with Crippen LogP contribution in [0.15, 0.2) is 24.3 Å². The van der Waals surface area contributed by atoms with Crippen molar-refractivity contribution in [2.45, 2.75) is 19.5 Å².